The molecule has 1 saturated heterocycles. The van der Waals surface area contributed by atoms with Crippen LogP contribution in [0.1, 0.15) is 16.8 Å². The molecule has 5 nitrogen and oxygen atoms in total. The van der Waals surface area contributed by atoms with Crippen molar-refractivity contribution < 1.29 is 22.7 Å². The topological polar surface area (TPSA) is 56.2 Å². The van der Waals surface area contributed by atoms with Crippen LogP contribution in [0.25, 0.3) is 11.8 Å². The van der Waals surface area contributed by atoms with E-state index in [0.717, 1.165) is 28.1 Å². The molecule has 1 aliphatic rings. The van der Waals surface area contributed by atoms with Gasteiger partial charge in [0, 0.05) is 11.4 Å². The van der Waals surface area contributed by atoms with Crippen molar-refractivity contribution >= 4 is 51.9 Å². The fraction of sp³-hybridized carbons (Fsp3) is 0.136. The van der Waals surface area contributed by atoms with E-state index in [0.29, 0.717) is 17.1 Å². The van der Waals surface area contributed by atoms with Crippen molar-refractivity contribution in [1.29, 1.82) is 0 Å². The number of thiocarbonyl (C=S) groups is 1. The van der Waals surface area contributed by atoms with Gasteiger partial charge in [-0.05, 0) is 35.9 Å². The Labute approximate surface area is 201 Å². The molecule has 1 N–H and O–H groups in total. The molecule has 170 valence electrons. The maximum absolute atomic E-state index is 13.9. The number of ether oxygens (including phenoxy) is 1. The minimum absolute atomic E-state index is 0.0284. The van der Waals surface area contributed by atoms with Crippen molar-refractivity contribution in [2.24, 2.45) is 0 Å². The lowest BCUT2D eigenvalue weighted by molar-refractivity contribution is -0.141. The summed E-state index contributed by atoms with van der Waals surface area (Å²) < 4.78 is 48.9. The number of nitrogens with one attached hydrogen (secondary N) is 1. The summed E-state index contributed by atoms with van der Waals surface area (Å²) in [4.78, 5) is 12.1. The number of thioether (sulfide) groups is 1. The molecule has 2 heterocycles. The third-order valence-corrected chi connectivity index (χ3v) is 6.02. The van der Waals surface area contributed by atoms with Crippen LogP contribution >= 0.6 is 35.6 Å². The van der Waals surface area contributed by atoms with Gasteiger partial charge in [-0.3, -0.25) is 4.79 Å². The van der Waals surface area contributed by atoms with Gasteiger partial charge in [-0.1, -0.05) is 65.9 Å². The number of rotatable bonds is 6. The van der Waals surface area contributed by atoms with E-state index in [9.17, 15) is 18.0 Å². The van der Waals surface area contributed by atoms with Crippen molar-refractivity contribution in [2.75, 3.05) is 6.61 Å². The summed E-state index contributed by atoms with van der Waals surface area (Å²) in [7, 11) is 0. The fourth-order valence-corrected chi connectivity index (χ4v) is 4.26. The molecule has 1 fully saturated rings. The Morgan fingerprint density at radius 2 is 1.85 bits per heavy atom. The Bertz CT molecular complexity index is 1230. The highest BCUT2D eigenvalue weighted by molar-refractivity contribution is 8.26. The van der Waals surface area contributed by atoms with Crippen molar-refractivity contribution in [3.63, 3.8) is 0 Å². The molecular weight excluding hydrogens is 495 g/mol. The zero-order chi connectivity index (χ0) is 23.6. The number of benzene rings is 2. The van der Waals surface area contributed by atoms with Gasteiger partial charge in [-0.25, -0.2) is 0 Å². The zero-order valence-electron chi connectivity index (χ0n) is 16.7. The lowest BCUT2D eigenvalue weighted by Gasteiger charge is -2.11. The first kappa shape index (κ1) is 23.3. The summed E-state index contributed by atoms with van der Waals surface area (Å²) in [5.41, 5.74) is -0.221. The van der Waals surface area contributed by atoms with Crippen LogP contribution in [0.2, 0.25) is 5.02 Å². The Morgan fingerprint density at radius 1 is 1.15 bits per heavy atom. The summed E-state index contributed by atoms with van der Waals surface area (Å²) in [5.74, 6) is -0.695. The average molecular weight is 510 g/mol. The minimum atomic E-state index is -4.78. The van der Waals surface area contributed by atoms with Gasteiger partial charge in [-0.15, -0.1) is 0 Å². The van der Waals surface area contributed by atoms with Gasteiger partial charge in [0.25, 0.3) is 5.91 Å². The maximum atomic E-state index is 13.9. The van der Waals surface area contributed by atoms with E-state index in [1.54, 1.807) is 42.5 Å². The molecule has 0 spiro atoms. The number of para-hydroxylation sites is 1. The fourth-order valence-electron chi connectivity index (χ4n) is 3.11. The molecule has 1 amide bonds. The Balaban J connectivity index is 1.77. The smallest absolute Gasteiger partial charge is 0.435 e. The first-order valence-corrected chi connectivity index (χ1v) is 11.2. The van der Waals surface area contributed by atoms with Crippen LogP contribution in [0.5, 0.6) is 5.88 Å². The largest absolute Gasteiger partial charge is 0.477 e. The summed E-state index contributed by atoms with van der Waals surface area (Å²) in [5, 5.41) is 6.78. The van der Waals surface area contributed by atoms with E-state index in [4.69, 9.17) is 28.6 Å². The molecule has 0 unspecified atom stereocenters. The number of carbonyl (C=O) groups excluding carboxylic acids is 1. The third kappa shape index (κ3) is 5.40. The predicted molar refractivity (Wildman–Crippen MR) is 126 cm³/mol. The summed E-state index contributed by atoms with van der Waals surface area (Å²) in [6.45, 7) is 0.0748. The number of hydrogen-bond acceptors (Lipinski definition) is 5. The number of hydrogen-bond donors (Lipinski definition) is 1. The number of alkyl halides is 3. The minimum Gasteiger partial charge on any atom is -0.477 e. The maximum Gasteiger partial charge on any atom is 0.435 e. The van der Waals surface area contributed by atoms with E-state index in [1.807, 2.05) is 12.1 Å². The van der Waals surface area contributed by atoms with Gasteiger partial charge in [0.2, 0.25) is 5.88 Å². The molecule has 0 bridgehead atoms. The predicted octanol–water partition coefficient (Wildman–Crippen LogP) is 5.65. The second-order valence-electron chi connectivity index (χ2n) is 6.89. The van der Waals surface area contributed by atoms with Crippen LogP contribution in [0, 0.1) is 0 Å². The SMILES string of the molecule is O=C1NC(=S)S/C1=C\c1c(C(F)(F)F)nn(-c2ccccc2)c1OCCc1ccc(Cl)cc1. The van der Waals surface area contributed by atoms with Crippen LogP contribution in [0.4, 0.5) is 13.2 Å². The Hall–Kier alpha value is -2.82. The van der Waals surface area contributed by atoms with Crippen LogP contribution < -0.4 is 10.1 Å². The summed E-state index contributed by atoms with van der Waals surface area (Å²) >= 11 is 11.7. The van der Waals surface area contributed by atoms with Gasteiger partial charge in [0.1, 0.15) is 4.32 Å². The number of halogens is 4. The van der Waals surface area contributed by atoms with Crippen LogP contribution in [-0.2, 0) is 17.4 Å². The van der Waals surface area contributed by atoms with Gasteiger partial charge >= 0.3 is 6.18 Å². The molecule has 3 aromatic rings. The van der Waals surface area contributed by atoms with Crippen molar-refractivity contribution in [1.82, 2.24) is 15.1 Å². The standard InChI is InChI=1S/C22H15ClF3N3O2S2/c23-14-8-6-13(7-9-14)10-11-31-20-16(12-17-19(30)27-21(32)33-17)18(22(24,25)26)28-29(20)15-4-2-1-3-5-15/h1-9,12H,10-11H2,(H,27,30,32)/b17-12-. The summed E-state index contributed by atoms with van der Waals surface area (Å²) in [6, 6.07) is 15.4. The third-order valence-electron chi connectivity index (χ3n) is 4.61. The van der Waals surface area contributed by atoms with Gasteiger partial charge in [-0.2, -0.15) is 23.0 Å². The molecule has 33 heavy (non-hydrogen) atoms. The lowest BCUT2D eigenvalue weighted by atomic mass is 10.1. The molecule has 0 atom stereocenters. The van der Waals surface area contributed by atoms with Crippen LogP contribution in [0.15, 0.2) is 59.5 Å². The van der Waals surface area contributed by atoms with E-state index >= 15 is 0 Å². The van der Waals surface area contributed by atoms with Gasteiger partial charge in [0.05, 0.1) is 22.8 Å². The highest BCUT2D eigenvalue weighted by atomic mass is 35.5. The van der Waals surface area contributed by atoms with Crippen molar-refractivity contribution in [3.05, 3.63) is 81.3 Å². The average Bonchev–Trinajstić information content (AvgIpc) is 3.29. The van der Waals surface area contributed by atoms with E-state index in [1.165, 1.54) is 0 Å². The molecule has 0 aliphatic carbocycles. The first-order valence-electron chi connectivity index (χ1n) is 9.60. The second kappa shape index (κ2) is 9.58. The van der Waals surface area contributed by atoms with Crippen LogP contribution in [0.3, 0.4) is 0 Å². The van der Waals surface area contributed by atoms with E-state index < -0.39 is 17.8 Å². The quantitative estimate of drug-likeness (QED) is 0.343. The van der Waals surface area contributed by atoms with Crippen molar-refractivity contribution in [2.45, 2.75) is 12.6 Å². The number of amides is 1. The molecule has 2 aromatic carbocycles. The van der Waals surface area contributed by atoms with Crippen LogP contribution in [-0.4, -0.2) is 26.6 Å². The number of aromatic nitrogens is 2. The molecule has 1 aromatic heterocycles. The lowest BCUT2D eigenvalue weighted by Crippen LogP contribution is -2.17. The number of nitrogens with zero attached hydrogens (tertiary/aromatic N) is 2. The number of carbonyl (C=O) groups is 1. The zero-order valence-corrected chi connectivity index (χ0v) is 19.1. The molecule has 4 rings (SSSR count). The normalized spacial score (nSPS) is 15.2. The highest BCUT2D eigenvalue weighted by Gasteiger charge is 2.40. The Morgan fingerprint density at radius 3 is 2.45 bits per heavy atom. The summed E-state index contributed by atoms with van der Waals surface area (Å²) in [6.07, 6.45) is -3.24. The molecule has 0 saturated carbocycles. The second-order valence-corrected chi connectivity index (χ2v) is 9.05. The highest BCUT2D eigenvalue weighted by Crippen LogP contribution is 2.40. The molecule has 0 radical (unpaired) electrons. The monoisotopic (exact) mass is 509 g/mol. The van der Waals surface area contributed by atoms with Gasteiger partial charge < -0.3 is 10.1 Å². The van der Waals surface area contributed by atoms with E-state index in [2.05, 4.69) is 10.4 Å². The Kier molecular flexibility index (Phi) is 6.78. The molecule has 11 heteroatoms. The first-order chi connectivity index (χ1) is 15.7. The van der Waals surface area contributed by atoms with Gasteiger partial charge in [0.15, 0.2) is 5.69 Å². The molecule has 1 aliphatic heterocycles. The van der Waals surface area contributed by atoms with Crippen molar-refractivity contribution in [3.8, 4) is 11.6 Å². The molecular formula is C22H15ClF3N3O2S2. The van der Waals surface area contributed by atoms with E-state index in [-0.39, 0.29) is 27.3 Å².